The number of amides is 1. The van der Waals surface area contributed by atoms with Crippen LogP contribution in [-0.2, 0) is 16.1 Å². The van der Waals surface area contributed by atoms with Crippen LogP contribution in [0, 0.1) is 0 Å². The number of likely N-dealkylation sites (N-methyl/N-ethyl adjacent to an activating group) is 2. The lowest BCUT2D eigenvalue weighted by Gasteiger charge is -2.25. The van der Waals surface area contributed by atoms with Gasteiger partial charge in [0.15, 0.2) is 5.96 Å². The lowest BCUT2D eigenvalue weighted by Crippen LogP contribution is -2.45. The SMILES string of the molecule is CCNC(=NCc1cccc(OCCOC)c1)N(C)CC(=O)N(CC)CC.I. The second-order valence-electron chi connectivity index (χ2n) is 6.08. The summed E-state index contributed by atoms with van der Waals surface area (Å²) in [5.41, 5.74) is 1.05. The van der Waals surface area contributed by atoms with Crippen molar-refractivity contribution < 1.29 is 14.3 Å². The van der Waals surface area contributed by atoms with Crippen molar-refractivity contribution in [2.24, 2.45) is 4.99 Å². The summed E-state index contributed by atoms with van der Waals surface area (Å²) in [5, 5.41) is 3.25. The third kappa shape index (κ3) is 9.59. The molecule has 0 aliphatic carbocycles. The van der Waals surface area contributed by atoms with E-state index in [9.17, 15) is 4.79 Å². The topological polar surface area (TPSA) is 66.4 Å². The van der Waals surface area contributed by atoms with Gasteiger partial charge in [0.25, 0.3) is 0 Å². The number of benzene rings is 1. The molecule has 1 rings (SSSR count). The average molecular weight is 506 g/mol. The zero-order chi connectivity index (χ0) is 20.1. The molecule has 0 unspecified atom stereocenters. The zero-order valence-corrected chi connectivity index (χ0v) is 20.1. The highest BCUT2D eigenvalue weighted by atomic mass is 127. The molecule has 0 fully saturated rings. The first-order chi connectivity index (χ1) is 13.0. The molecule has 0 aliphatic heterocycles. The van der Waals surface area contributed by atoms with Gasteiger partial charge in [-0.15, -0.1) is 24.0 Å². The Morgan fingerprint density at radius 2 is 1.89 bits per heavy atom. The Balaban J connectivity index is 0.00000729. The van der Waals surface area contributed by atoms with E-state index in [2.05, 4.69) is 10.3 Å². The van der Waals surface area contributed by atoms with E-state index in [1.54, 1.807) is 7.11 Å². The van der Waals surface area contributed by atoms with Gasteiger partial charge >= 0.3 is 0 Å². The highest BCUT2D eigenvalue weighted by molar-refractivity contribution is 14.0. The van der Waals surface area contributed by atoms with Crippen LogP contribution < -0.4 is 10.1 Å². The van der Waals surface area contributed by atoms with Gasteiger partial charge in [-0.25, -0.2) is 4.99 Å². The van der Waals surface area contributed by atoms with Crippen LogP contribution >= 0.6 is 24.0 Å². The molecule has 0 bridgehead atoms. The summed E-state index contributed by atoms with van der Waals surface area (Å²) in [6.07, 6.45) is 0. The summed E-state index contributed by atoms with van der Waals surface area (Å²) >= 11 is 0. The first-order valence-electron chi connectivity index (χ1n) is 9.53. The molecule has 0 spiro atoms. The number of hydrogen-bond donors (Lipinski definition) is 1. The summed E-state index contributed by atoms with van der Waals surface area (Å²) in [7, 11) is 3.53. The maximum absolute atomic E-state index is 12.3. The van der Waals surface area contributed by atoms with Crippen LogP contribution in [0.1, 0.15) is 26.3 Å². The molecule has 0 saturated heterocycles. The van der Waals surface area contributed by atoms with Gasteiger partial charge in [-0.05, 0) is 38.5 Å². The minimum atomic E-state index is 0. The second-order valence-corrected chi connectivity index (χ2v) is 6.08. The summed E-state index contributed by atoms with van der Waals surface area (Å²) in [4.78, 5) is 20.7. The van der Waals surface area contributed by atoms with Crippen molar-refractivity contribution in [3.8, 4) is 5.75 Å². The van der Waals surface area contributed by atoms with Crippen LogP contribution in [0.5, 0.6) is 5.75 Å². The molecule has 0 aliphatic rings. The molecule has 28 heavy (non-hydrogen) atoms. The van der Waals surface area contributed by atoms with Gasteiger partial charge in [-0.1, -0.05) is 12.1 Å². The fourth-order valence-electron chi connectivity index (χ4n) is 2.57. The first kappa shape index (κ1) is 26.4. The predicted octanol–water partition coefficient (Wildman–Crippen LogP) is 2.60. The van der Waals surface area contributed by atoms with Crippen LogP contribution in [0.4, 0.5) is 0 Å². The van der Waals surface area contributed by atoms with E-state index >= 15 is 0 Å². The molecule has 1 aromatic carbocycles. The number of rotatable bonds is 11. The van der Waals surface area contributed by atoms with Crippen molar-refractivity contribution in [2.45, 2.75) is 27.3 Å². The monoisotopic (exact) mass is 506 g/mol. The Morgan fingerprint density at radius 3 is 2.50 bits per heavy atom. The van der Waals surface area contributed by atoms with Gasteiger partial charge in [0.1, 0.15) is 12.4 Å². The molecular weight excluding hydrogens is 471 g/mol. The lowest BCUT2D eigenvalue weighted by molar-refractivity contribution is -0.131. The molecule has 1 amide bonds. The molecule has 1 aromatic rings. The molecule has 0 aromatic heterocycles. The van der Waals surface area contributed by atoms with Crippen LogP contribution in [0.2, 0.25) is 0 Å². The molecule has 7 nitrogen and oxygen atoms in total. The Labute approximate surface area is 186 Å². The number of methoxy groups -OCH3 is 1. The van der Waals surface area contributed by atoms with Crippen molar-refractivity contribution in [2.75, 3.05) is 53.6 Å². The van der Waals surface area contributed by atoms with Crippen molar-refractivity contribution in [1.29, 1.82) is 0 Å². The third-order valence-corrected chi connectivity index (χ3v) is 4.05. The van der Waals surface area contributed by atoms with E-state index in [0.717, 1.165) is 17.9 Å². The molecule has 0 heterocycles. The summed E-state index contributed by atoms with van der Waals surface area (Å²) in [6.45, 7) is 10.0. The highest BCUT2D eigenvalue weighted by Crippen LogP contribution is 2.14. The van der Waals surface area contributed by atoms with Crippen LogP contribution in [0.3, 0.4) is 0 Å². The standard InChI is InChI=1S/C20H34N4O3.HI/c1-6-21-20(23(4)16-19(25)24(7-2)8-3)22-15-17-10-9-11-18(14-17)27-13-12-26-5;/h9-11,14H,6-8,12-13,15-16H2,1-5H3,(H,21,22);1H. The molecule has 160 valence electrons. The first-order valence-corrected chi connectivity index (χ1v) is 9.53. The zero-order valence-electron chi connectivity index (χ0n) is 17.7. The summed E-state index contributed by atoms with van der Waals surface area (Å²) in [5.74, 6) is 1.61. The van der Waals surface area contributed by atoms with E-state index in [0.29, 0.717) is 45.4 Å². The summed E-state index contributed by atoms with van der Waals surface area (Å²) in [6, 6.07) is 7.86. The smallest absolute Gasteiger partial charge is 0.242 e. The van der Waals surface area contributed by atoms with Gasteiger partial charge < -0.3 is 24.6 Å². The molecular formula is C20H35IN4O3. The average Bonchev–Trinajstić information content (AvgIpc) is 2.66. The maximum atomic E-state index is 12.3. The minimum Gasteiger partial charge on any atom is -0.491 e. The van der Waals surface area contributed by atoms with Crippen molar-refractivity contribution >= 4 is 35.8 Å². The second kappa shape index (κ2) is 15.4. The van der Waals surface area contributed by atoms with Crippen LogP contribution in [0.25, 0.3) is 0 Å². The highest BCUT2D eigenvalue weighted by Gasteiger charge is 2.15. The van der Waals surface area contributed by atoms with Gasteiger partial charge in [-0.3, -0.25) is 4.79 Å². The quantitative estimate of drug-likeness (QED) is 0.216. The van der Waals surface area contributed by atoms with E-state index in [4.69, 9.17) is 9.47 Å². The largest absolute Gasteiger partial charge is 0.491 e. The molecule has 0 saturated carbocycles. The van der Waals surface area contributed by atoms with Crippen molar-refractivity contribution in [3.63, 3.8) is 0 Å². The number of nitrogens with one attached hydrogen (secondary N) is 1. The Kier molecular flexibility index (Phi) is 14.5. The van der Waals surface area contributed by atoms with E-state index in [-0.39, 0.29) is 29.9 Å². The maximum Gasteiger partial charge on any atom is 0.242 e. The van der Waals surface area contributed by atoms with Crippen LogP contribution in [-0.4, -0.2) is 75.2 Å². The minimum absolute atomic E-state index is 0. The fraction of sp³-hybridized carbons (Fsp3) is 0.600. The Hall–Kier alpha value is -1.55. The normalized spacial score (nSPS) is 10.8. The Morgan fingerprint density at radius 1 is 1.18 bits per heavy atom. The van der Waals surface area contributed by atoms with Gasteiger partial charge in [0, 0.05) is 33.8 Å². The van der Waals surface area contributed by atoms with E-state index in [1.807, 2.05) is 61.9 Å². The fourth-order valence-corrected chi connectivity index (χ4v) is 2.57. The number of carbonyl (C=O) groups excluding carboxylic acids is 1. The molecule has 0 atom stereocenters. The van der Waals surface area contributed by atoms with E-state index in [1.165, 1.54) is 0 Å². The number of ether oxygens (including phenoxy) is 2. The summed E-state index contributed by atoms with van der Waals surface area (Å²) < 4.78 is 10.6. The number of nitrogens with zero attached hydrogens (tertiary/aromatic N) is 3. The number of halogens is 1. The van der Waals surface area contributed by atoms with Gasteiger partial charge in [0.2, 0.25) is 5.91 Å². The lowest BCUT2D eigenvalue weighted by atomic mass is 10.2. The van der Waals surface area contributed by atoms with Crippen molar-refractivity contribution in [1.82, 2.24) is 15.1 Å². The number of aliphatic imine (C=N–C) groups is 1. The molecule has 8 heteroatoms. The number of carbonyl (C=O) groups is 1. The van der Waals surface area contributed by atoms with Gasteiger partial charge in [-0.2, -0.15) is 0 Å². The number of hydrogen-bond acceptors (Lipinski definition) is 4. The van der Waals surface area contributed by atoms with Crippen molar-refractivity contribution in [3.05, 3.63) is 29.8 Å². The van der Waals surface area contributed by atoms with Gasteiger partial charge in [0.05, 0.1) is 19.7 Å². The Bertz CT molecular complexity index is 595. The predicted molar refractivity (Wildman–Crippen MR) is 125 cm³/mol. The number of guanidine groups is 1. The molecule has 1 N–H and O–H groups in total. The third-order valence-electron chi connectivity index (χ3n) is 4.05. The van der Waals surface area contributed by atoms with Crippen LogP contribution in [0.15, 0.2) is 29.3 Å². The van der Waals surface area contributed by atoms with E-state index < -0.39 is 0 Å². The molecule has 0 radical (unpaired) electrons.